The van der Waals surface area contributed by atoms with Gasteiger partial charge in [0.15, 0.2) is 5.96 Å². The second kappa shape index (κ2) is 6.43. The lowest BCUT2D eigenvalue weighted by Gasteiger charge is -2.24. The Morgan fingerprint density at radius 2 is 2.14 bits per heavy atom. The average molecular weight is 293 g/mol. The zero-order valence-corrected chi connectivity index (χ0v) is 13.1. The van der Waals surface area contributed by atoms with E-state index in [2.05, 4.69) is 15.6 Å². The van der Waals surface area contributed by atoms with Gasteiger partial charge >= 0.3 is 0 Å². The molecule has 0 radical (unpaired) electrons. The van der Waals surface area contributed by atoms with E-state index in [0.29, 0.717) is 6.54 Å². The van der Waals surface area contributed by atoms with E-state index in [9.17, 15) is 4.39 Å². The highest BCUT2D eigenvalue weighted by atomic mass is 19.1. The highest BCUT2D eigenvalue weighted by Crippen LogP contribution is 2.41. The van der Waals surface area contributed by atoms with Gasteiger partial charge in [0.1, 0.15) is 5.82 Å². The molecule has 5 heteroatoms. The van der Waals surface area contributed by atoms with Gasteiger partial charge in [-0.25, -0.2) is 4.39 Å². The molecule has 0 saturated heterocycles. The minimum Gasteiger partial charge on any atom is -0.377 e. The van der Waals surface area contributed by atoms with Gasteiger partial charge in [-0.2, -0.15) is 0 Å². The Morgan fingerprint density at radius 1 is 1.43 bits per heavy atom. The van der Waals surface area contributed by atoms with E-state index >= 15 is 0 Å². The van der Waals surface area contributed by atoms with Crippen molar-refractivity contribution in [3.8, 4) is 0 Å². The van der Waals surface area contributed by atoms with Crippen LogP contribution in [0.5, 0.6) is 0 Å². The number of nitrogens with zero attached hydrogens (tertiary/aromatic N) is 1. The van der Waals surface area contributed by atoms with Crippen molar-refractivity contribution in [2.45, 2.75) is 37.8 Å². The molecule has 2 N–H and O–H groups in total. The molecule has 0 bridgehead atoms. The number of hydrogen-bond acceptors (Lipinski definition) is 2. The summed E-state index contributed by atoms with van der Waals surface area (Å²) in [6.07, 6.45) is 0.926. The van der Waals surface area contributed by atoms with Gasteiger partial charge in [0.05, 0.1) is 5.60 Å². The molecule has 0 heterocycles. The summed E-state index contributed by atoms with van der Waals surface area (Å²) in [5.74, 6) is 0.819. The van der Waals surface area contributed by atoms with Gasteiger partial charge in [0.2, 0.25) is 0 Å². The minimum absolute atomic E-state index is 0.129. The molecule has 2 unspecified atom stereocenters. The molecule has 0 amide bonds. The molecule has 1 saturated carbocycles. The van der Waals surface area contributed by atoms with Crippen LogP contribution in [0.3, 0.4) is 0 Å². The van der Waals surface area contributed by atoms with Crippen molar-refractivity contribution in [2.75, 3.05) is 20.7 Å². The highest BCUT2D eigenvalue weighted by Gasteiger charge is 2.40. The van der Waals surface area contributed by atoms with Crippen molar-refractivity contribution in [3.63, 3.8) is 0 Å². The Bertz CT molecular complexity index is 516. The van der Waals surface area contributed by atoms with Gasteiger partial charge in [0, 0.05) is 32.7 Å². The van der Waals surface area contributed by atoms with Gasteiger partial charge in [-0.05, 0) is 31.9 Å². The van der Waals surface area contributed by atoms with Gasteiger partial charge in [-0.15, -0.1) is 0 Å². The van der Waals surface area contributed by atoms with Crippen molar-refractivity contribution in [2.24, 2.45) is 4.99 Å². The molecular weight excluding hydrogens is 269 g/mol. The summed E-state index contributed by atoms with van der Waals surface area (Å²) in [5.41, 5.74) is 0.522. The lowest BCUT2D eigenvalue weighted by atomic mass is 10.1. The maximum atomic E-state index is 13.7. The van der Waals surface area contributed by atoms with Crippen LogP contribution >= 0.6 is 0 Å². The number of hydrogen-bond donors (Lipinski definition) is 2. The first-order chi connectivity index (χ1) is 9.96. The number of guanidine groups is 1. The highest BCUT2D eigenvalue weighted by molar-refractivity contribution is 5.80. The van der Waals surface area contributed by atoms with E-state index in [1.54, 1.807) is 20.2 Å². The normalized spacial score (nSPS) is 22.0. The molecule has 21 heavy (non-hydrogen) atoms. The van der Waals surface area contributed by atoms with Crippen molar-refractivity contribution in [3.05, 3.63) is 35.6 Å². The number of rotatable bonds is 5. The van der Waals surface area contributed by atoms with Gasteiger partial charge in [-0.3, -0.25) is 4.99 Å². The minimum atomic E-state index is -0.258. The van der Waals surface area contributed by atoms with E-state index in [0.717, 1.165) is 17.9 Å². The second-order valence-corrected chi connectivity index (χ2v) is 6.00. The SMILES string of the molecule is CN=C(NCC(C)(C)OC)NC1CC1c1ccccc1F. The monoisotopic (exact) mass is 293 g/mol. The zero-order chi connectivity index (χ0) is 15.5. The first-order valence-electron chi connectivity index (χ1n) is 7.23. The summed E-state index contributed by atoms with van der Waals surface area (Å²) in [6, 6.07) is 7.20. The molecule has 0 aliphatic heterocycles. The summed E-state index contributed by atoms with van der Waals surface area (Å²) in [5, 5.41) is 6.57. The zero-order valence-electron chi connectivity index (χ0n) is 13.1. The lowest BCUT2D eigenvalue weighted by Crippen LogP contribution is -2.46. The number of aliphatic imine (C=N–C) groups is 1. The van der Waals surface area contributed by atoms with Crippen LogP contribution in [0.25, 0.3) is 0 Å². The second-order valence-electron chi connectivity index (χ2n) is 6.00. The van der Waals surface area contributed by atoms with Crippen LogP contribution in [0.15, 0.2) is 29.3 Å². The van der Waals surface area contributed by atoms with Crippen LogP contribution in [0.2, 0.25) is 0 Å². The van der Waals surface area contributed by atoms with E-state index in [4.69, 9.17) is 4.74 Å². The smallest absolute Gasteiger partial charge is 0.191 e. The van der Waals surface area contributed by atoms with E-state index < -0.39 is 0 Å². The summed E-state index contributed by atoms with van der Waals surface area (Å²) in [6.45, 7) is 4.67. The van der Waals surface area contributed by atoms with E-state index in [1.807, 2.05) is 26.0 Å². The topological polar surface area (TPSA) is 45.7 Å². The standard InChI is InChI=1S/C16H24FN3O/c1-16(2,21-4)10-19-15(18-3)20-14-9-12(14)11-7-5-6-8-13(11)17/h5-8,12,14H,9-10H2,1-4H3,(H2,18,19,20). The fourth-order valence-corrected chi connectivity index (χ4v) is 2.21. The summed E-state index contributed by atoms with van der Waals surface area (Å²) in [7, 11) is 3.42. The van der Waals surface area contributed by atoms with Crippen LogP contribution in [0.1, 0.15) is 31.7 Å². The molecule has 116 valence electrons. The van der Waals surface area contributed by atoms with E-state index in [1.165, 1.54) is 6.07 Å². The van der Waals surface area contributed by atoms with Crippen LogP contribution in [0, 0.1) is 5.82 Å². The first kappa shape index (κ1) is 15.8. The third-order valence-corrected chi connectivity index (χ3v) is 3.87. The molecular formula is C16H24FN3O. The molecule has 4 nitrogen and oxygen atoms in total. The molecule has 1 fully saturated rings. The maximum Gasteiger partial charge on any atom is 0.191 e. The molecule has 2 atom stereocenters. The number of benzene rings is 1. The fourth-order valence-electron chi connectivity index (χ4n) is 2.21. The van der Waals surface area contributed by atoms with Gasteiger partial charge in [-0.1, -0.05) is 18.2 Å². The fraction of sp³-hybridized carbons (Fsp3) is 0.562. The Labute approximate surface area is 125 Å². The summed E-state index contributed by atoms with van der Waals surface area (Å²) < 4.78 is 19.1. The largest absolute Gasteiger partial charge is 0.377 e. The van der Waals surface area contributed by atoms with Gasteiger partial charge in [0.25, 0.3) is 0 Å². The van der Waals surface area contributed by atoms with Crippen molar-refractivity contribution >= 4 is 5.96 Å². The van der Waals surface area contributed by atoms with Crippen molar-refractivity contribution in [1.29, 1.82) is 0 Å². The Kier molecular flexibility index (Phi) is 4.83. The Balaban J connectivity index is 1.87. The molecule has 0 spiro atoms. The third kappa shape index (κ3) is 4.17. The number of nitrogens with one attached hydrogen (secondary N) is 2. The van der Waals surface area contributed by atoms with Crippen molar-refractivity contribution < 1.29 is 9.13 Å². The number of halogens is 1. The molecule has 1 aromatic rings. The number of ether oxygens (including phenoxy) is 1. The Hall–Kier alpha value is -1.62. The quantitative estimate of drug-likeness (QED) is 0.646. The van der Waals surface area contributed by atoms with E-state index in [-0.39, 0.29) is 23.4 Å². The predicted octanol–water partition coefficient (Wildman–Crippen LogP) is 2.27. The van der Waals surface area contributed by atoms with Crippen LogP contribution in [0.4, 0.5) is 4.39 Å². The summed E-state index contributed by atoms with van der Waals surface area (Å²) in [4.78, 5) is 4.20. The number of methoxy groups -OCH3 is 1. The maximum absolute atomic E-state index is 13.7. The van der Waals surface area contributed by atoms with Crippen LogP contribution in [-0.2, 0) is 4.74 Å². The average Bonchev–Trinajstić information content (AvgIpc) is 3.23. The van der Waals surface area contributed by atoms with Crippen LogP contribution < -0.4 is 10.6 Å². The third-order valence-electron chi connectivity index (χ3n) is 3.87. The molecule has 1 aliphatic carbocycles. The molecule has 1 aliphatic rings. The molecule has 0 aromatic heterocycles. The lowest BCUT2D eigenvalue weighted by molar-refractivity contribution is 0.0268. The first-order valence-corrected chi connectivity index (χ1v) is 7.23. The predicted molar refractivity (Wildman–Crippen MR) is 83.1 cm³/mol. The Morgan fingerprint density at radius 3 is 2.76 bits per heavy atom. The van der Waals surface area contributed by atoms with Crippen LogP contribution in [-0.4, -0.2) is 38.3 Å². The summed E-state index contributed by atoms with van der Waals surface area (Å²) >= 11 is 0. The molecule has 2 rings (SSSR count). The molecule has 1 aromatic carbocycles. The van der Waals surface area contributed by atoms with Gasteiger partial charge < -0.3 is 15.4 Å². The van der Waals surface area contributed by atoms with Crippen molar-refractivity contribution in [1.82, 2.24) is 10.6 Å².